The summed E-state index contributed by atoms with van der Waals surface area (Å²) < 4.78 is 5.16. The minimum atomic E-state index is -0.559. The molecule has 0 bridgehead atoms. The number of benzene rings is 2. The Morgan fingerprint density at radius 3 is 2.41 bits per heavy atom. The number of anilines is 1. The molecule has 0 spiro atoms. The Morgan fingerprint density at radius 2 is 1.75 bits per heavy atom. The number of ether oxygens (including phenoxy) is 1. The van der Waals surface area contributed by atoms with Crippen molar-refractivity contribution in [2.75, 3.05) is 45.7 Å². The van der Waals surface area contributed by atoms with E-state index >= 15 is 0 Å². The van der Waals surface area contributed by atoms with E-state index in [2.05, 4.69) is 17.3 Å². The summed E-state index contributed by atoms with van der Waals surface area (Å²) in [5.74, 6) is 0.385. The first kappa shape index (κ1) is 22.3. The minimum absolute atomic E-state index is 0.113. The van der Waals surface area contributed by atoms with Crippen LogP contribution in [0.25, 0.3) is 0 Å². The molecule has 2 aromatic carbocycles. The predicted molar refractivity (Wildman–Crippen MR) is 127 cm³/mol. The van der Waals surface area contributed by atoms with Crippen molar-refractivity contribution in [3.8, 4) is 5.75 Å². The van der Waals surface area contributed by atoms with E-state index in [0.717, 1.165) is 31.9 Å². The molecule has 2 heterocycles. The van der Waals surface area contributed by atoms with Gasteiger partial charge in [-0.3, -0.25) is 9.59 Å². The molecule has 1 N–H and O–H groups in total. The molecule has 4 rings (SSSR count). The van der Waals surface area contributed by atoms with Gasteiger partial charge in [-0.2, -0.15) is 0 Å². The number of hydrogen-bond donors (Lipinski definition) is 1. The fraction of sp³-hybridized carbons (Fsp3) is 0.348. The van der Waals surface area contributed by atoms with Gasteiger partial charge in [-0.05, 0) is 43.4 Å². The topological polar surface area (TPSA) is 77.5 Å². The van der Waals surface area contributed by atoms with E-state index in [1.807, 2.05) is 35.3 Å². The van der Waals surface area contributed by atoms with Crippen LogP contribution in [0.4, 0.5) is 11.4 Å². The second-order valence-corrected chi connectivity index (χ2v) is 8.89. The number of likely N-dealkylation sites (N-methyl/N-ethyl adjacent to an activating group) is 1. The number of methoxy groups -OCH3 is 1. The molecule has 2 aliphatic heterocycles. The number of thioether (sulfide) groups is 1. The van der Waals surface area contributed by atoms with Crippen LogP contribution in [-0.2, 0) is 9.59 Å². The molecule has 2 saturated heterocycles. The molecule has 2 fully saturated rings. The van der Waals surface area contributed by atoms with E-state index in [1.54, 1.807) is 36.4 Å². The summed E-state index contributed by atoms with van der Waals surface area (Å²) in [6.07, 6.45) is 0.118. The summed E-state index contributed by atoms with van der Waals surface area (Å²) in [7, 11) is 3.67. The highest BCUT2D eigenvalue weighted by Gasteiger charge is 2.39. The van der Waals surface area contributed by atoms with Crippen molar-refractivity contribution in [3.63, 3.8) is 0 Å². The molecule has 2 aromatic rings. The van der Waals surface area contributed by atoms with Gasteiger partial charge < -0.3 is 15.0 Å². The zero-order chi connectivity index (χ0) is 22.5. The SMILES string of the molecule is COc1ccc(NC(=O)C2CC(=O)N(N3CCN(C)CC3)C(=Nc3ccccc3)S2)cc1. The van der Waals surface area contributed by atoms with Crippen molar-refractivity contribution in [1.29, 1.82) is 0 Å². The number of piperazine rings is 1. The number of rotatable bonds is 5. The normalized spacial score (nSPS) is 21.6. The summed E-state index contributed by atoms with van der Waals surface area (Å²) in [5.41, 5.74) is 1.41. The Morgan fingerprint density at radius 1 is 1.06 bits per heavy atom. The van der Waals surface area contributed by atoms with Crippen molar-refractivity contribution < 1.29 is 14.3 Å². The van der Waals surface area contributed by atoms with Gasteiger partial charge in [0.25, 0.3) is 0 Å². The van der Waals surface area contributed by atoms with Gasteiger partial charge in [-0.25, -0.2) is 15.0 Å². The van der Waals surface area contributed by atoms with E-state index in [1.165, 1.54) is 11.8 Å². The summed E-state index contributed by atoms with van der Waals surface area (Å²) in [6.45, 7) is 3.21. The van der Waals surface area contributed by atoms with Gasteiger partial charge in [0, 0.05) is 38.3 Å². The molecule has 1 atom stereocenters. The van der Waals surface area contributed by atoms with Gasteiger partial charge in [0.1, 0.15) is 11.0 Å². The molecule has 8 nitrogen and oxygen atoms in total. The Balaban J connectivity index is 1.54. The number of hydrogen-bond acceptors (Lipinski definition) is 7. The van der Waals surface area contributed by atoms with Crippen LogP contribution in [0, 0.1) is 0 Å². The molecular weight excluding hydrogens is 426 g/mol. The Bertz CT molecular complexity index is 975. The van der Waals surface area contributed by atoms with Crippen LogP contribution in [0.15, 0.2) is 59.6 Å². The molecule has 2 aliphatic rings. The lowest BCUT2D eigenvalue weighted by Crippen LogP contribution is -2.59. The van der Waals surface area contributed by atoms with Crippen LogP contribution in [-0.4, -0.2) is 77.5 Å². The third kappa shape index (κ3) is 5.29. The minimum Gasteiger partial charge on any atom is -0.497 e. The van der Waals surface area contributed by atoms with Gasteiger partial charge in [0.15, 0.2) is 5.17 Å². The van der Waals surface area contributed by atoms with Crippen molar-refractivity contribution in [3.05, 3.63) is 54.6 Å². The summed E-state index contributed by atoms with van der Waals surface area (Å²) in [4.78, 5) is 33.2. The van der Waals surface area contributed by atoms with E-state index in [9.17, 15) is 9.59 Å². The van der Waals surface area contributed by atoms with Gasteiger partial charge in [-0.1, -0.05) is 30.0 Å². The van der Waals surface area contributed by atoms with Crippen LogP contribution >= 0.6 is 11.8 Å². The number of aliphatic imine (C=N–C) groups is 1. The standard InChI is InChI=1S/C23H27N5O3S/c1-26-12-14-27(15-13-26)28-21(29)16-20(32-23(28)25-17-6-4-3-5-7-17)22(30)24-18-8-10-19(31-2)11-9-18/h3-11,20H,12-16H2,1-2H3,(H,24,30). The average molecular weight is 454 g/mol. The number of hydrazine groups is 1. The highest BCUT2D eigenvalue weighted by molar-refractivity contribution is 8.15. The second kappa shape index (κ2) is 10.2. The van der Waals surface area contributed by atoms with Crippen molar-refractivity contribution in [2.45, 2.75) is 11.7 Å². The number of carbonyl (C=O) groups is 2. The summed E-state index contributed by atoms with van der Waals surface area (Å²) in [6, 6.07) is 16.6. The molecule has 1 unspecified atom stereocenters. The molecular formula is C23H27N5O3S. The van der Waals surface area contributed by atoms with Gasteiger partial charge in [0.2, 0.25) is 11.8 Å². The maximum atomic E-state index is 13.2. The van der Waals surface area contributed by atoms with Crippen LogP contribution in [0.5, 0.6) is 5.75 Å². The van der Waals surface area contributed by atoms with E-state index in [4.69, 9.17) is 9.73 Å². The molecule has 168 valence electrons. The largest absolute Gasteiger partial charge is 0.497 e. The van der Waals surface area contributed by atoms with E-state index in [0.29, 0.717) is 16.6 Å². The average Bonchev–Trinajstić information content (AvgIpc) is 2.81. The number of para-hydroxylation sites is 1. The van der Waals surface area contributed by atoms with Crippen molar-refractivity contribution in [1.82, 2.24) is 14.9 Å². The highest BCUT2D eigenvalue weighted by atomic mass is 32.2. The number of amidine groups is 1. The monoisotopic (exact) mass is 453 g/mol. The molecule has 0 radical (unpaired) electrons. The van der Waals surface area contributed by atoms with Gasteiger partial charge in [0.05, 0.1) is 12.8 Å². The lowest BCUT2D eigenvalue weighted by atomic mass is 10.2. The Labute approximate surface area is 192 Å². The van der Waals surface area contributed by atoms with Crippen LogP contribution in [0.3, 0.4) is 0 Å². The molecule has 0 aromatic heterocycles. The number of carbonyl (C=O) groups excluding carboxylic acids is 2. The highest BCUT2D eigenvalue weighted by Crippen LogP contribution is 2.31. The number of nitrogens with zero attached hydrogens (tertiary/aromatic N) is 4. The number of nitrogens with one attached hydrogen (secondary N) is 1. The van der Waals surface area contributed by atoms with Crippen molar-refractivity contribution in [2.24, 2.45) is 4.99 Å². The summed E-state index contributed by atoms with van der Waals surface area (Å²) in [5, 5.41) is 6.59. The Kier molecular flexibility index (Phi) is 7.09. The van der Waals surface area contributed by atoms with E-state index < -0.39 is 5.25 Å². The fourth-order valence-electron chi connectivity index (χ4n) is 3.58. The zero-order valence-corrected chi connectivity index (χ0v) is 19.0. The molecule has 0 saturated carbocycles. The molecule has 32 heavy (non-hydrogen) atoms. The van der Waals surface area contributed by atoms with Crippen LogP contribution in [0.1, 0.15) is 6.42 Å². The number of amides is 2. The Hall–Kier alpha value is -2.88. The molecule has 2 amide bonds. The van der Waals surface area contributed by atoms with Crippen molar-refractivity contribution >= 4 is 40.1 Å². The maximum Gasteiger partial charge on any atom is 0.244 e. The first-order chi connectivity index (χ1) is 15.5. The van der Waals surface area contributed by atoms with Crippen LogP contribution in [0.2, 0.25) is 0 Å². The smallest absolute Gasteiger partial charge is 0.244 e. The van der Waals surface area contributed by atoms with Gasteiger partial charge in [-0.15, -0.1) is 0 Å². The molecule has 9 heteroatoms. The third-order valence-electron chi connectivity index (χ3n) is 5.42. The second-order valence-electron chi connectivity index (χ2n) is 7.72. The molecule has 0 aliphatic carbocycles. The fourth-order valence-corrected chi connectivity index (χ4v) is 4.70. The lowest BCUT2D eigenvalue weighted by Gasteiger charge is -2.42. The van der Waals surface area contributed by atoms with E-state index in [-0.39, 0.29) is 18.2 Å². The zero-order valence-electron chi connectivity index (χ0n) is 18.2. The first-order valence-electron chi connectivity index (χ1n) is 10.5. The van der Waals surface area contributed by atoms with Crippen LogP contribution < -0.4 is 10.1 Å². The summed E-state index contributed by atoms with van der Waals surface area (Å²) >= 11 is 1.33. The first-order valence-corrected chi connectivity index (χ1v) is 11.4. The third-order valence-corrected chi connectivity index (χ3v) is 6.56. The lowest BCUT2D eigenvalue weighted by molar-refractivity contribution is -0.142. The predicted octanol–water partition coefficient (Wildman–Crippen LogP) is 2.82. The maximum absolute atomic E-state index is 13.2. The quantitative estimate of drug-likeness (QED) is 0.750. The van der Waals surface area contributed by atoms with Gasteiger partial charge >= 0.3 is 0 Å².